The van der Waals surface area contributed by atoms with Gasteiger partial charge in [-0.15, -0.1) is 11.8 Å². The van der Waals surface area contributed by atoms with Crippen molar-refractivity contribution in [2.45, 2.75) is 29.9 Å². The van der Waals surface area contributed by atoms with Crippen molar-refractivity contribution in [2.75, 3.05) is 23.4 Å². The van der Waals surface area contributed by atoms with Gasteiger partial charge in [0.05, 0.1) is 22.3 Å². The molecule has 1 aliphatic rings. The average molecular weight is 310 g/mol. The monoisotopic (exact) mass is 310 g/mol. The predicted octanol–water partition coefficient (Wildman–Crippen LogP) is 2.66. The zero-order valence-electron chi connectivity index (χ0n) is 11.4. The quantitative estimate of drug-likeness (QED) is 0.847. The molecule has 0 saturated carbocycles. The number of thioether (sulfide) groups is 1. The number of nitriles is 1. The van der Waals surface area contributed by atoms with Crippen LogP contribution in [-0.4, -0.2) is 31.7 Å². The first-order valence-electron chi connectivity index (χ1n) is 6.70. The van der Waals surface area contributed by atoms with Crippen LogP contribution in [0.1, 0.15) is 25.3 Å². The minimum absolute atomic E-state index is 0.288. The van der Waals surface area contributed by atoms with Gasteiger partial charge >= 0.3 is 0 Å². The van der Waals surface area contributed by atoms with Gasteiger partial charge in [-0.05, 0) is 30.7 Å². The van der Waals surface area contributed by atoms with Crippen molar-refractivity contribution in [3.63, 3.8) is 0 Å². The smallest absolute Gasteiger partial charge is 0.154 e. The Labute approximate surface area is 124 Å². The second-order valence-corrected chi connectivity index (χ2v) is 8.44. The van der Waals surface area contributed by atoms with Crippen LogP contribution in [0.5, 0.6) is 0 Å². The molecular weight excluding hydrogens is 292 g/mol. The lowest BCUT2D eigenvalue weighted by Gasteiger charge is -2.14. The summed E-state index contributed by atoms with van der Waals surface area (Å²) in [5, 5.41) is 12.1. The number of rotatable bonds is 5. The third kappa shape index (κ3) is 3.28. The Morgan fingerprint density at radius 1 is 1.50 bits per heavy atom. The molecule has 1 atom stereocenters. The Morgan fingerprint density at radius 2 is 2.30 bits per heavy atom. The fourth-order valence-corrected chi connectivity index (χ4v) is 4.93. The third-order valence-electron chi connectivity index (χ3n) is 3.42. The number of nitrogens with one attached hydrogen (secondary N) is 1. The molecule has 0 radical (unpaired) electrons. The molecule has 2 rings (SSSR count). The molecule has 0 spiro atoms. The Morgan fingerprint density at radius 3 is 2.90 bits per heavy atom. The maximum Gasteiger partial charge on any atom is 0.154 e. The Bertz CT molecular complexity index is 621. The highest BCUT2D eigenvalue weighted by Crippen LogP contribution is 2.28. The summed E-state index contributed by atoms with van der Waals surface area (Å²) < 4.78 is 23.6. The summed E-state index contributed by atoms with van der Waals surface area (Å²) in [6.07, 6.45) is 1.45. The molecule has 6 heteroatoms. The van der Waals surface area contributed by atoms with E-state index in [-0.39, 0.29) is 11.0 Å². The molecule has 0 amide bonds. The summed E-state index contributed by atoms with van der Waals surface area (Å²) >= 11 is 1.62. The van der Waals surface area contributed by atoms with Gasteiger partial charge in [0.25, 0.3) is 0 Å². The minimum atomic E-state index is -2.95. The summed E-state index contributed by atoms with van der Waals surface area (Å²) in [5.41, 5.74) is 1.34. The lowest BCUT2D eigenvalue weighted by atomic mass is 10.2. The summed E-state index contributed by atoms with van der Waals surface area (Å²) in [7, 11) is -2.95. The Hall–Kier alpha value is -1.19. The van der Waals surface area contributed by atoms with Gasteiger partial charge in [-0.1, -0.05) is 13.0 Å². The molecule has 1 aromatic rings. The van der Waals surface area contributed by atoms with Crippen molar-refractivity contribution in [3.05, 3.63) is 23.8 Å². The molecule has 1 unspecified atom stereocenters. The molecule has 1 N–H and O–H groups in total. The molecule has 108 valence electrons. The maximum atomic E-state index is 11.8. The van der Waals surface area contributed by atoms with Gasteiger partial charge in [0.15, 0.2) is 9.84 Å². The van der Waals surface area contributed by atoms with Crippen LogP contribution < -0.4 is 5.32 Å². The first kappa shape index (κ1) is 15.2. The first-order chi connectivity index (χ1) is 9.58. The van der Waals surface area contributed by atoms with Gasteiger partial charge in [0.1, 0.15) is 6.07 Å². The number of hydrogen-bond donors (Lipinski definition) is 1. The molecule has 4 nitrogen and oxygen atoms in total. The van der Waals surface area contributed by atoms with Crippen LogP contribution in [0.25, 0.3) is 0 Å². The molecule has 1 heterocycles. The SMILES string of the molecule is CCSc1cccc(NCC2CCCS2(=O)=O)c1C#N. The summed E-state index contributed by atoms with van der Waals surface area (Å²) in [5.74, 6) is 1.19. The van der Waals surface area contributed by atoms with Crippen molar-refractivity contribution >= 4 is 27.3 Å². The van der Waals surface area contributed by atoms with Crippen molar-refractivity contribution in [1.82, 2.24) is 0 Å². The van der Waals surface area contributed by atoms with E-state index in [1.807, 2.05) is 25.1 Å². The highest BCUT2D eigenvalue weighted by molar-refractivity contribution is 7.99. The fourth-order valence-electron chi connectivity index (χ4n) is 2.38. The molecule has 20 heavy (non-hydrogen) atoms. The zero-order chi connectivity index (χ0) is 14.6. The van der Waals surface area contributed by atoms with Crippen LogP contribution in [0, 0.1) is 11.3 Å². The second kappa shape index (κ2) is 6.51. The normalized spacial score (nSPS) is 20.5. The van der Waals surface area contributed by atoms with Gasteiger partial charge in [-0.3, -0.25) is 0 Å². The number of hydrogen-bond acceptors (Lipinski definition) is 5. The standard InChI is InChI=1S/C14H18N2O2S2/c1-2-19-14-7-3-6-13(12(14)9-15)16-10-11-5-4-8-20(11,17)18/h3,6-7,11,16H,2,4-5,8,10H2,1H3. The highest BCUT2D eigenvalue weighted by atomic mass is 32.2. The van der Waals surface area contributed by atoms with Gasteiger partial charge < -0.3 is 5.32 Å². The van der Waals surface area contributed by atoms with E-state index >= 15 is 0 Å². The third-order valence-corrected chi connectivity index (χ3v) is 6.64. The van der Waals surface area contributed by atoms with E-state index in [1.165, 1.54) is 0 Å². The molecule has 1 aliphatic heterocycles. The number of benzene rings is 1. The fraction of sp³-hybridized carbons (Fsp3) is 0.500. The topological polar surface area (TPSA) is 70.0 Å². The molecule has 0 bridgehead atoms. The summed E-state index contributed by atoms with van der Waals surface area (Å²) in [6, 6.07) is 7.86. The van der Waals surface area contributed by atoms with Crippen LogP contribution in [0.3, 0.4) is 0 Å². The average Bonchev–Trinajstić information content (AvgIpc) is 2.76. The Kier molecular flexibility index (Phi) is 4.95. The number of anilines is 1. The second-order valence-electron chi connectivity index (χ2n) is 4.74. The maximum absolute atomic E-state index is 11.8. The number of sulfone groups is 1. The molecule has 0 aliphatic carbocycles. The number of nitrogens with zero attached hydrogens (tertiary/aromatic N) is 1. The summed E-state index contributed by atoms with van der Waals surface area (Å²) in [4.78, 5) is 0.939. The lowest BCUT2D eigenvalue weighted by molar-refractivity contribution is 0.591. The van der Waals surface area contributed by atoms with Crippen LogP contribution in [0.2, 0.25) is 0 Å². The highest BCUT2D eigenvalue weighted by Gasteiger charge is 2.31. The van der Waals surface area contributed by atoms with Crippen LogP contribution in [0.15, 0.2) is 23.1 Å². The van der Waals surface area contributed by atoms with E-state index in [0.717, 1.165) is 22.8 Å². The van der Waals surface area contributed by atoms with Gasteiger partial charge in [-0.2, -0.15) is 5.26 Å². The van der Waals surface area contributed by atoms with Crippen LogP contribution in [-0.2, 0) is 9.84 Å². The van der Waals surface area contributed by atoms with E-state index in [4.69, 9.17) is 0 Å². The summed E-state index contributed by atoms with van der Waals surface area (Å²) in [6.45, 7) is 2.42. The van der Waals surface area contributed by atoms with Gasteiger partial charge in [0.2, 0.25) is 0 Å². The first-order valence-corrected chi connectivity index (χ1v) is 9.40. The van der Waals surface area contributed by atoms with Gasteiger partial charge in [0, 0.05) is 11.4 Å². The lowest BCUT2D eigenvalue weighted by Crippen LogP contribution is -2.25. The molecule has 0 aromatic heterocycles. The van der Waals surface area contributed by atoms with E-state index in [0.29, 0.717) is 18.5 Å². The van der Waals surface area contributed by atoms with E-state index in [1.54, 1.807) is 11.8 Å². The van der Waals surface area contributed by atoms with Crippen molar-refractivity contribution in [2.24, 2.45) is 0 Å². The van der Waals surface area contributed by atoms with Crippen molar-refractivity contribution < 1.29 is 8.42 Å². The molecule has 1 aromatic carbocycles. The van der Waals surface area contributed by atoms with Crippen molar-refractivity contribution in [3.8, 4) is 6.07 Å². The van der Waals surface area contributed by atoms with E-state index in [2.05, 4.69) is 11.4 Å². The van der Waals surface area contributed by atoms with Crippen LogP contribution in [0.4, 0.5) is 5.69 Å². The minimum Gasteiger partial charge on any atom is -0.383 e. The molecule has 1 saturated heterocycles. The molecular formula is C14H18N2O2S2. The predicted molar refractivity (Wildman–Crippen MR) is 82.9 cm³/mol. The zero-order valence-corrected chi connectivity index (χ0v) is 13.1. The van der Waals surface area contributed by atoms with E-state index in [9.17, 15) is 13.7 Å². The Balaban J connectivity index is 2.14. The molecule has 1 fully saturated rings. The van der Waals surface area contributed by atoms with E-state index < -0.39 is 9.84 Å². The van der Waals surface area contributed by atoms with Gasteiger partial charge in [-0.25, -0.2) is 8.42 Å². The van der Waals surface area contributed by atoms with Crippen LogP contribution >= 0.6 is 11.8 Å². The van der Waals surface area contributed by atoms with Crippen molar-refractivity contribution in [1.29, 1.82) is 5.26 Å². The largest absolute Gasteiger partial charge is 0.383 e.